The van der Waals surface area contributed by atoms with Crippen molar-refractivity contribution in [2.45, 2.75) is 32.2 Å². The maximum absolute atomic E-state index is 12.8. The number of hydrogen-bond acceptors (Lipinski definition) is 5. The summed E-state index contributed by atoms with van der Waals surface area (Å²) in [7, 11) is 2.77. The minimum Gasteiger partial charge on any atom is -0.493 e. The Kier molecular flexibility index (Phi) is 7.68. The number of rotatable bonds is 8. The highest BCUT2D eigenvalue weighted by Gasteiger charge is 2.32. The van der Waals surface area contributed by atoms with Crippen LogP contribution in [-0.4, -0.2) is 64.3 Å². The molecule has 0 radical (unpaired) electrons. The van der Waals surface area contributed by atoms with Crippen LogP contribution in [-0.2, 0) is 15.0 Å². The summed E-state index contributed by atoms with van der Waals surface area (Å²) in [6, 6.07) is 5.48. The van der Waals surface area contributed by atoms with E-state index in [0.29, 0.717) is 37.4 Å². The first-order chi connectivity index (χ1) is 13.2. The number of methoxy groups -OCH3 is 2. The van der Waals surface area contributed by atoms with Gasteiger partial charge in [-0.05, 0) is 37.0 Å². The molecule has 0 aromatic heterocycles. The van der Waals surface area contributed by atoms with Gasteiger partial charge in [0.1, 0.15) is 0 Å². The zero-order valence-corrected chi connectivity index (χ0v) is 18.1. The second-order valence-electron chi connectivity index (χ2n) is 7.05. The van der Waals surface area contributed by atoms with Gasteiger partial charge in [0, 0.05) is 33.1 Å². The molecule has 9 heteroatoms. The van der Waals surface area contributed by atoms with Crippen molar-refractivity contribution in [3.8, 4) is 11.5 Å². The zero-order valence-electron chi connectivity index (χ0n) is 17.3. The second kappa shape index (κ2) is 9.58. The summed E-state index contributed by atoms with van der Waals surface area (Å²) >= 11 is 0. The molecule has 2 rings (SSSR count). The lowest BCUT2D eigenvalue weighted by molar-refractivity contribution is -0.126. The molecule has 1 aromatic carbocycles. The van der Waals surface area contributed by atoms with Crippen molar-refractivity contribution in [2.75, 3.05) is 41.4 Å². The number of ether oxygens (including phenoxy) is 2. The number of amides is 1. The Morgan fingerprint density at radius 3 is 2.32 bits per heavy atom. The Morgan fingerprint density at radius 2 is 1.82 bits per heavy atom. The molecule has 0 spiro atoms. The number of piperidine rings is 1. The van der Waals surface area contributed by atoms with Gasteiger partial charge in [0.15, 0.2) is 11.5 Å². The molecule has 1 aliphatic heterocycles. The van der Waals surface area contributed by atoms with E-state index in [1.807, 2.05) is 25.1 Å². The number of carbonyl (C=O) groups excluding carboxylic acids is 1. The van der Waals surface area contributed by atoms with Gasteiger partial charge in [0.05, 0.1) is 20.3 Å². The maximum Gasteiger partial charge on any atom is 0.281 e. The third-order valence-electron chi connectivity index (χ3n) is 5.15. The molecule has 1 heterocycles. The largest absolute Gasteiger partial charge is 0.493 e. The molecule has 0 saturated carbocycles. The van der Waals surface area contributed by atoms with Gasteiger partial charge < -0.3 is 14.8 Å². The first-order valence-corrected chi connectivity index (χ1v) is 10.8. The van der Waals surface area contributed by atoms with E-state index in [1.165, 1.54) is 22.7 Å². The third-order valence-corrected chi connectivity index (χ3v) is 7.09. The number of benzene rings is 1. The van der Waals surface area contributed by atoms with Crippen molar-refractivity contribution in [1.29, 1.82) is 0 Å². The minimum atomic E-state index is -3.42. The summed E-state index contributed by atoms with van der Waals surface area (Å²) < 4.78 is 37.7. The molecule has 1 amide bonds. The van der Waals surface area contributed by atoms with E-state index in [-0.39, 0.29) is 17.9 Å². The summed E-state index contributed by atoms with van der Waals surface area (Å²) in [5.74, 6) is 1.03. The normalized spacial score (nSPS) is 17.4. The molecule has 1 N–H and O–H groups in total. The van der Waals surface area contributed by atoms with Crippen molar-refractivity contribution in [1.82, 2.24) is 13.9 Å². The third kappa shape index (κ3) is 4.95. The molecule has 0 aliphatic carbocycles. The Balaban J connectivity index is 2.02. The SMILES string of the molecule is CCC(NC(=O)C1CCN(S(=O)(=O)N(C)C)CC1)c1ccc(OC)c(OC)c1. The monoisotopic (exact) mass is 413 g/mol. The van der Waals surface area contributed by atoms with Gasteiger partial charge in [-0.1, -0.05) is 13.0 Å². The fraction of sp³-hybridized carbons (Fsp3) is 0.632. The highest BCUT2D eigenvalue weighted by Crippen LogP contribution is 2.31. The zero-order chi connectivity index (χ0) is 20.9. The molecule has 8 nitrogen and oxygen atoms in total. The molecule has 1 aromatic rings. The van der Waals surface area contributed by atoms with Crippen LogP contribution in [0.2, 0.25) is 0 Å². The van der Waals surface area contributed by atoms with Gasteiger partial charge in [-0.25, -0.2) is 0 Å². The predicted molar refractivity (Wildman–Crippen MR) is 108 cm³/mol. The number of nitrogens with one attached hydrogen (secondary N) is 1. The van der Waals surface area contributed by atoms with Crippen LogP contribution in [0.1, 0.15) is 37.8 Å². The average molecular weight is 414 g/mol. The molecule has 28 heavy (non-hydrogen) atoms. The van der Waals surface area contributed by atoms with Crippen LogP contribution in [0.15, 0.2) is 18.2 Å². The quantitative estimate of drug-likeness (QED) is 0.702. The fourth-order valence-corrected chi connectivity index (χ4v) is 4.49. The second-order valence-corrected chi connectivity index (χ2v) is 9.19. The van der Waals surface area contributed by atoms with E-state index in [0.717, 1.165) is 12.0 Å². The van der Waals surface area contributed by atoms with Crippen molar-refractivity contribution in [3.05, 3.63) is 23.8 Å². The molecule has 1 unspecified atom stereocenters. The van der Waals surface area contributed by atoms with E-state index in [1.54, 1.807) is 14.2 Å². The lowest BCUT2D eigenvalue weighted by atomic mass is 9.95. The lowest BCUT2D eigenvalue weighted by Crippen LogP contribution is -2.47. The Bertz CT molecular complexity index is 774. The van der Waals surface area contributed by atoms with Crippen LogP contribution in [0.4, 0.5) is 0 Å². The van der Waals surface area contributed by atoms with Gasteiger partial charge in [-0.15, -0.1) is 0 Å². The van der Waals surface area contributed by atoms with Crippen molar-refractivity contribution < 1.29 is 22.7 Å². The van der Waals surface area contributed by atoms with E-state index in [4.69, 9.17) is 9.47 Å². The Morgan fingerprint density at radius 1 is 1.21 bits per heavy atom. The highest BCUT2D eigenvalue weighted by molar-refractivity contribution is 7.86. The molecule has 158 valence electrons. The topological polar surface area (TPSA) is 88.2 Å². The van der Waals surface area contributed by atoms with Crippen LogP contribution in [0, 0.1) is 5.92 Å². The van der Waals surface area contributed by atoms with Gasteiger partial charge in [-0.2, -0.15) is 17.0 Å². The molecule has 1 atom stereocenters. The molecule has 1 saturated heterocycles. The molecular weight excluding hydrogens is 382 g/mol. The van der Waals surface area contributed by atoms with Gasteiger partial charge >= 0.3 is 0 Å². The molecule has 1 fully saturated rings. The smallest absolute Gasteiger partial charge is 0.281 e. The van der Waals surface area contributed by atoms with Crippen molar-refractivity contribution in [3.63, 3.8) is 0 Å². The minimum absolute atomic E-state index is 0.0384. The van der Waals surface area contributed by atoms with Crippen LogP contribution in [0.25, 0.3) is 0 Å². The number of hydrogen-bond donors (Lipinski definition) is 1. The Hall–Kier alpha value is -1.84. The van der Waals surface area contributed by atoms with E-state index < -0.39 is 10.2 Å². The Labute approximate surface area is 168 Å². The van der Waals surface area contributed by atoms with Crippen LogP contribution in [0.5, 0.6) is 11.5 Å². The standard InChI is InChI=1S/C19H31N3O5S/c1-6-16(15-7-8-17(26-4)18(13-15)27-5)20-19(23)14-9-11-22(12-10-14)28(24,25)21(2)3/h7-8,13-14,16H,6,9-12H2,1-5H3,(H,20,23). The molecule has 1 aliphatic rings. The van der Waals surface area contributed by atoms with Gasteiger partial charge in [0.2, 0.25) is 5.91 Å². The summed E-state index contributed by atoms with van der Waals surface area (Å²) in [4.78, 5) is 12.8. The molecule has 0 bridgehead atoms. The summed E-state index contributed by atoms with van der Waals surface area (Å²) in [5, 5.41) is 3.10. The van der Waals surface area contributed by atoms with Crippen molar-refractivity contribution in [2.24, 2.45) is 5.92 Å². The lowest BCUT2D eigenvalue weighted by Gasteiger charge is -2.32. The number of carbonyl (C=O) groups is 1. The van der Waals surface area contributed by atoms with Gasteiger partial charge in [-0.3, -0.25) is 4.79 Å². The first kappa shape index (κ1) is 22.4. The van der Waals surface area contributed by atoms with E-state index in [9.17, 15) is 13.2 Å². The van der Waals surface area contributed by atoms with E-state index in [2.05, 4.69) is 5.32 Å². The highest BCUT2D eigenvalue weighted by atomic mass is 32.2. The van der Waals surface area contributed by atoms with E-state index >= 15 is 0 Å². The fourth-order valence-electron chi connectivity index (χ4n) is 3.36. The maximum atomic E-state index is 12.8. The molecular formula is C19H31N3O5S. The summed E-state index contributed by atoms with van der Waals surface area (Å²) in [6.45, 7) is 2.71. The first-order valence-electron chi connectivity index (χ1n) is 9.44. The van der Waals surface area contributed by atoms with Crippen molar-refractivity contribution >= 4 is 16.1 Å². The summed E-state index contributed by atoms with van der Waals surface area (Å²) in [5.41, 5.74) is 0.945. The summed E-state index contributed by atoms with van der Waals surface area (Å²) in [6.07, 6.45) is 1.76. The number of nitrogens with zero attached hydrogens (tertiary/aromatic N) is 2. The van der Waals surface area contributed by atoms with Crippen LogP contribution < -0.4 is 14.8 Å². The predicted octanol–water partition coefficient (Wildman–Crippen LogP) is 1.79. The van der Waals surface area contributed by atoms with Gasteiger partial charge in [0.25, 0.3) is 10.2 Å². The van der Waals surface area contributed by atoms with Crippen LogP contribution in [0.3, 0.4) is 0 Å². The average Bonchev–Trinajstić information content (AvgIpc) is 2.71. The van der Waals surface area contributed by atoms with Crippen LogP contribution >= 0.6 is 0 Å².